The Kier molecular flexibility index (Phi) is 5.06. The summed E-state index contributed by atoms with van der Waals surface area (Å²) in [6.07, 6.45) is 7.93. The highest BCUT2D eigenvalue weighted by Gasteiger charge is 2.40. The number of amides is 1. The molecule has 3 atom stereocenters. The SMILES string of the molecule is O=C(N[C@@H]1C[C@H]2CC[C@@H]1C2)c1ccc(CS(=O)(=O)N2CCCCC2)cc1. The van der Waals surface area contributed by atoms with Crippen LogP contribution in [0.1, 0.15) is 60.9 Å². The van der Waals surface area contributed by atoms with Crippen LogP contribution in [-0.4, -0.2) is 37.8 Å². The Morgan fingerprint density at radius 2 is 1.77 bits per heavy atom. The molecule has 6 heteroatoms. The number of carbonyl (C=O) groups excluding carboxylic acids is 1. The van der Waals surface area contributed by atoms with Gasteiger partial charge in [0.1, 0.15) is 0 Å². The molecule has 2 saturated carbocycles. The van der Waals surface area contributed by atoms with Crippen molar-refractivity contribution in [3.05, 3.63) is 35.4 Å². The molecular weight excluding hydrogens is 348 g/mol. The van der Waals surface area contributed by atoms with E-state index < -0.39 is 10.0 Å². The number of nitrogens with zero attached hydrogens (tertiary/aromatic N) is 1. The number of benzene rings is 1. The van der Waals surface area contributed by atoms with Crippen LogP contribution in [0, 0.1) is 11.8 Å². The molecule has 5 nitrogen and oxygen atoms in total. The lowest BCUT2D eigenvalue weighted by Gasteiger charge is -2.26. The summed E-state index contributed by atoms with van der Waals surface area (Å²) in [6.45, 7) is 1.26. The van der Waals surface area contributed by atoms with Crippen LogP contribution < -0.4 is 5.32 Å². The summed E-state index contributed by atoms with van der Waals surface area (Å²) in [5.41, 5.74) is 1.36. The van der Waals surface area contributed by atoms with Crippen molar-refractivity contribution in [3.63, 3.8) is 0 Å². The van der Waals surface area contributed by atoms with Gasteiger partial charge in [0.15, 0.2) is 0 Å². The minimum Gasteiger partial charge on any atom is -0.349 e. The Morgan fingerprint density at radius 1 is 1.04 bits per heavy atom. The van der Waals surface area contributed by atoms with E-state index in [0.29, 0.717) is 30.6 Å². The summed E-state index contributed by atoms with van der Waals surface area (Å²) >= 11 is 0. The van der Waals surface area contributed by atoms with Gasteiger partial charge in [0, 0.05) is 24.7 Å². The molecule has 2 bridgehead atoms. The molecule has 1 aromatic carbocycles. The standard InChI is InChI=1S/C20H28N2O3S/c23-20(21-19-13-16-6-9-18(19)12-16)17-7-4-15(5-8-17)14-26(24,25)22-10-2-1-3-11-22/h4-5,7-8,16,18-19H,1-3,6,9-14H2,(H,21,23)/t16-,18+,19+/m0/s1. The average Bonchev–Trinajstić information content (AvgIpc) is 3.26. The fraction of sp³-hybridized carbons (Fsp3) is 0.650. The van der Waals surface area contributed by atoms with Crippen molar-refractivity contribution in [1.82, 2.24) is 9.62 Å². The molecule has 3 aliphatic rings. The van der Waals surface area contributed by atoms with Crippen molar-refractivity contribution in [2.45, 2.75) is 56.7 Å². The minimum atomic E-state index is -3.26. The normalized spacial score (nSPS) is 29.0. The predicted octanol–water partition coefficient (Wildman–Crippen LogP) is 2.92. The number of hydrogen-bond acceptors (Lipinski definition) is 3. The first-order valence-corrected chi connectivity index (χ1v) is 11.5. The maximum Gasteiger partial charge on any atom is 0.251 e. The van der Waals surface area contributed by atoms with Gasteiger partial charge in [0.2, 0.25) is 10.0 Å². The van der Waals surface area contributed by atoms with Crippen LogP contribution in [0.5, 0.6) is 0 Å². The average molecular weight is 377 g/mol. The molecule has 0 spiro atoms. The van der Waals surface area contributed by atoms with Gasteiger partial charge in [-0.05, 0) is 61.6 Å². The van der Waals surface area contributed by atoms with E-state index >= 15 is 0 Å². The Hall–Kier alpha value is -1.40. The molecule has 1 aromatic rings. The number of hydrogen-bond donors (Lipinski definition) is 1. The van der Waals surface area contributed by atoms with Crippen LogP contribution in [0.3, 0.4) is 0 Å². The first-order chi connectivity index (χ1) is 12.5. The fourth-order valence-corrected chi connectivity index (χ4v) is 6.48. The third kappa shape index (κ3) is 3.81. The van der Waals surface area contributed by atoms with E-state index in [9.17, 15) is 13.2 Å². The zero-order valence-electron chi connectivity index (χ0n) is 15.2. The first kappa shape index (κ1) is 18.0. The monoisotopic (exact) mass is 376 g/mol. The van der Waals surface area contributed by atoms with E-state index in [0.717, 1.165) is 37.2 Å². The number of carbonyl (C=O) groups is 1. The molecule has 1 aliphatic heterocycles. The lowest BCUT2D eigenvalue weighted by molar-refractivity contribution is 0.0923. The van der Waals surface area contributed by atoms with Gasteiger partial charge in [-0.1, -0.05) is 25.0 Å². The summed E-state index contributed by atoms with van der Waals surface area (Å²) in [5, 5.41) is 3.18. The smallest absolute Gasteiger partial charge is 0.251 e. The quantitative estimate of drug-likeness (QED) is 0.859. The third-order valence-electron chi connectivity index (χ3n) is 6.33. The zero-order valence-corrected chi connectivity index (χ0v) is 16.0. The second kappa shape index (κ2) is 7.31. The largest absolute Gasteiger partial charge is 0.349 e. The Bertz CT molecular complexity index is 754. The van der Waals surface area contributed by atoms with Gasteiger partial charge in [0.25, 0.3) is 5.91 Å². The molecular formula is C20H28N2O3S. The molecule has 26 heavy (non-hydrogen) atoms. The lowest BCUT2D eigenvalue weighted by atomic mass is 9.95. The summed E-state index contributed by atoms with van der Waals surface area (Å²) < 4.78 is 26.7. The van der Waals surface area contributed by atoms with Crippen LogP contribution >= 0.6 is 0 Å². The number of rotatable bonds is 5. The molecule has 4 rings (SSSR count). The van der Waals surface area contributed by atoms with Crippen LogP contribution in [0.25, 0.3) is 0 Å². The van der Waals surface area contributed by atoms with Crippen molar-refractivity contribution in [3.8, 4) is 0 Å². The van der Waals surface area contributed by atoms with Crippen molar-refractivity contribution in [1.29, 1.82) is 0 Å². The van der Waals surface area contributed by atoms with E-state index in [1.807, 2.05) is 0 Å². The molecule has 1 saturated heterocycles. The zero-order chi connectivity index (χ0) is 18.1. The van der Waals surface area contributed by atoms with Crippen molar-refractivity contribution in [2.24, 2.45) is 11.8 Å². The van der Waals surface area contributed by atoms with Gasteiger partial charge in [-0.3, -0.25) is 4.79 Å². The van der Waals surface area contributed by atoms with E-state index in [-0.39, 0.29) is 11.7 Å². The summed E-state index contributed by atoms with van der Waals surface area (Å²) in [7, 11) is -3.26. The summed E-state index contributed by atoms with van der Waals surface area (Å²) in [5.74, 6) is 1.43. The van der Waals surface area contributed by atoms with Gasteiger partial charge in [-0.2, -0.15) is 0 Å². The Labute approximate surface area is 156 Å². The Morgan fingerprint density at radius 3 is 2.38 bits per heavy atom. The molecule has 0 unspecified atom stereocenters. The van der Waals surface area contributed by atoms with Crippen molar-refractivity contribution in [2.75, 3.05) is 13.1 Å². The van der Waals surface area contributed by atoms with E-state index in [1.54, 1.807) is 28.6 Å². The van der Waals surface area contributed by atoms with Crippen LogP contribution in [0.15, 0.2) is 24.3 Å². The summed E-state index contributed by atoms with van der Waals surface area (Å²) in [6, 6.07) is 7.38. The predicted molar refractivity (Wildman–Crippen MR) is 101 cm³/mol. The maximum atomic E-state index is 12.5. The number of fused-ring (bicyclic) bond motifs is 2. The van der Waals surface area contributed by atoms with Gasteiger partial charge >= 0.3 is 0 Å². The second-order valence-corrected chi connectivity index (χ2v) is 10.1. The number of nitrogens with one attached hydrogen (secondary N) is 1. The molecule has 1 heterocycles. The molecule has 1 N–H and O–H groups in total. The van der Waals surface area contributed by atoms with Gasteiger partial charge < -0.3 is 5.32 Å². The second-order valence-electron chi connectivity index (χ2n) is 8.17. The highest BCUT2D eigenvalue weighted by atomic mass is 32.2. The third-order valence-corrected chi connectivity index (χ3v) is 8.18. The molecule has 0 aromatic heterocycles. The fourth-order valence-electron chi connectivity index (χ4n) is 4.87. The number of piperidine rings is 1. The van der Waals surface area contributed by atoms with Gasteiger partial charge in [-0.15, -0.1) is 0 Å². The topological polar surface area (TPSA) is 66.5 Å². The van der Waals surface area contributed by atoms with Crippen LogP contribution in [-0.2, 0) is 15.8 Å². The first-order valence-electron chi connectivity index (χ1n) is 9.89. The van der Waals surface area contributed by atoms with E-state index in [4.69, 9.17) is 0 Å². The van der Waals surface area contributed by atoms with E-state index in [2.05, 4.69) is 5.32 Å². The number of sulfonamides is 1. The molecule has 1 amide bonds. The Balaban J connectivity index is 1.36. The highest BCUT2D eigenvalue weighted by Crippen LogP contribution is 2.44. The minimum absolute atomic E-state index is 0.0152. The molecule has 2 aliphatic carbocycles. The summed E-state index contributed by atoms with van der Waals surface area (Å²) in [4.78, 5) is 12.5. The molecule has 142 valence electrons. The van der Waals surface area contributed by atoms with Gasteiger partial charge in [-0.25, -0.2) is 12.7 Å². The highest BCUT2D eigenvalue weighted by molar-refractivity contribution is 7.88. The van der Waals surface area contributed by atoms with Crippen molar-refractivity contribution >= 4 is 15.9 Å². The van der Waals surface area contributed by atoms with E-state index in [1.165, 1.54) is 19.3 Å². The lowest BCUT2D eigenvalue weighted by Crippen LogP contribution is -2.38. The van der Waals surface area contributed by atoms with Crippen molar-refractivity contribution < 1.29 is 13.2 Å². The molecule has 3 fully saturated rings. The van der Waals surface area contributed by atoms with Crippen LogP contribution in [0.4, 0.5) is 0 Å². The van der Waals surface area contributed by atoms with Gasteiger partial charge in [0.05, 0.1) is 5.75 Å². The molecule has 0 radical (unpaired) electrons. The van der Waals surface area contributed by atoms with Crippen LogP contribution in [0.2, 0.25) is 0 Å². The maximum absolute atomic E-state index is 12.5.